The lowest BCUT2D eigenvalue weighted by molar-refractivity contribution is -0.139. The zero-order valence-electron chi connectivity index (χ0n) is 18.2. The maximum Gasteiger partial charge on any atom is 0.338 e. The van der Waals surface area contributed by atoms with Crippen LogP contribution < -0.4 is 14.9 Å². The number of hydrogen-bond donors (Lipinski definition) is 0. The van der Waals surface area contributed by atoms with Crippen molar-refractivity contribution in [3.63, 3.8) is 0 Å². The van der Waals surface area contributed by atoms with E-state index < -0.39 is 12.0 Å². The lowest BCUT2D eigenvalue weighted by Gasteiger charge is -2.21. The number of nitrogens with zero attached hydrogens (tertiary/aromatic N) is 2. The molecule has 1 aromatic heterocycles. The van der Waals surface area contributed by atoms with Crippen LogP contribution in [0, 0.1) is 6.92 Å². The number of esters is 1. The first-order chi connectivity index (χ1) is 15.5. The molecule has 0 fully saturated rings. The fourth-order valence-electron chi connectivity index (χ4n) is 3.60. The van der Waals surface area contributed by atoms with Gasteiger partial charge < -0.3 is 4.74 Å². The summed E-state index contributed by atoms with van der Waals surface area (Å²) < 4.78 is 7.45. The zero-order valence-corrected chi connectivity index (χ0v) is 19.1. The molecule has 0 N–H and O–H groups in total. The molecule has 0 saturated carbocycles. The van der Waals surface area contributed by atoms with E-state index in [-0.39, 0.29) is 12.2 Å². The molecule has 4 rings (SSSR count). The van der Waals surface area contributed by atoms with E-state index in [1.165, 1.54) is 11.3 Å². The topological polar surface area (TPSA) is 60.7 Å². The number of aromatic nitrogens is 1. The van der Waals surface area contributed by atoms with Crippen molar-refractivity contribution >= 4 is 29.5 Å². The molecule has 0 bridgehead atoms. The minimum atomic E-state index is -0.592. The van der Waals surface area contributed by atoms with Crippen molar-refractivity contribution in [3.05, 3.63) is 108 Å². The van der Waals surface area contributed by atoms with E-state index in [1.54, 1.807) is 18.4 Å². The van der Waals surface area contributed by atoms with Crippen LogP contribution in [-0.2, 0) is 9.53 Å². The Hall–Kier alpha value is -3.51. The van der Waals surface area contributed by atoms with Crippen LogP contribution in [0.4, 0.5) is 0 Å². The molecule has 0 saturated heterocycles. The van der Waals surface area contributed by atoms with E-state index in [4.69, 9.17) is 4.74 Å². The van der Waals surface area contributed by atoms with Crippen LogP contribution in [0.25, 0.3) is 12.2 Å². The average molecular weight is 445 g/mol. The molecule has 2 heterocycles. The largest absolute Gasteiger partial charge is 0.463 e. The van der Waals surface area contributed by atoms with E-state index in [2.05, 4.69) is 4.99 Å². The van der Waals surface area contributed by atoms with Crippen LogP contribution in [0.3, 0.4) is 0 Å². The van der Waals surface area contributed by atoms with Crippen LogP contribution >= 0.6 is 11.3 Å². The zero-order chi connectivity index (χ0) is 22.7. The summed E-state index contributed by atoms with van der Waals surface area (Å²) in [5, 5.41) is 0. The second-order valence-electron chi connectivity index (χ2n) is 7.53. The molecular formula is C26H24N2O3S. The molecule has 0 amide bonds. The number of carbonyl (C=O) groups is 1. The summed E-state index contributed by atoms with van der Waals surface area (Å²) in [5.41, 5.74) is 3.85. The normalized spacial score (nSPS) is 16.2. The van der Waals surface area contributed by atoms with Crippen LogP contribution in [0.5, 0.6) is 0 Å². The Kier molecular flexibility index (Phi) is 6.32. The Morgan fingerprint density at radius 3 is 2.50 bits per heavy atom. The third-order valence-corrected chi connectivity index (χ3v) is 6.19. The average Bonchev–Trinajstić information content (AvgIpc) is 3.09. The number of fused-ring (bicyclic) bond motifs is 1. The van der Waals surface area contributed by atoms with Crippen molar-refractivity contribution in [2.75, 3.05) is 6.61 Å². The first kappa shape index (κ1) is 21.7. The van der Waals surface area contributed by atoms with E-state index >= 15 is 0 Å². The van der Waals surface area contributed by atoms with Gasteiger partial charge in [-0.2, -0.15) is 0 Å². The van der Waals surface area contributed by atoms with Gasteiger partial charge >= 0.3 is 5.97 Å². The van der Waals surface area contributed by atoms with Gasteiger partial charge in [0, 0.05) is 0 Å². The maximum absolute atomic E-state index is 13.4. The van der Waals surface area contributed by atoms with Crippen molar-refractivity contribution in [1.29, 1.82) is 0 Å². The number of benzene rings is 2. The van der Waals surface area contributed by atoms with Crippen molar-refractivity contribution in [3.8, 4) is 0 Å². The molecular weight excluding hydrogens is 420 g/mol. The summed E-state index contributed by atoms with van der Waals surface area (Å²) in [6.07, 6.45) is 5.65. The summed E-state index contributed by atoms with van der Waals surface area (Å²) in [5.74, 6) is -0.454. The molecule has 162 valence electrons. The summed E-state index contributed by atoms with van der Waals surface area (Å²) in [6, 6.07) is 17.2. The molecule has 5 nitrogen and oxygen atoms in total. The molecule has 0 radical (unpaired) electrons. The number of ether oxygens (including phenoxy) is 1. The standard InChI is InChI=1S/C26H24N2O3S/c1-4-31-25(30)23-18(3)27-26-28(21(23)15-14-19-8-6-5-7-9-19)24(29)22(32-26)16-20-12-10-17(2)11-13-20/h5-16,21H,4H2,1-3H3/b15-14-,22-16?/t21-/m1/s1. The Morgan fingerprint density at radius 2 is 1.81 bits per heavy atom. The Bertz CT molecular complexity index is 1380. The highest BCUT2D eigenvalue weighted by molar-refractivity contribution is 7.07. The third-order valence-electron chi connectivity index (χ3n) is 5.20. The summed E-state index contributed by atoms with van der Waals surface area (Å²) in [4.78, 5) is 31.4. The van der Waals surface area contributed by atoms with Gasteiger partial charge in [-0.1, -0.05) is 83.6 Å². The van der Waals surface area contributed by atoms with Crippen LogP contribution in [-0.4, -0.2) is 17.1 Å². The molecule has 6 heteroatoms. The van der Waals surface area contributed by atoms with Crippen LogP contribution in [0.1, 0.15) is 36.6 Å². The fraction of sp³-hybridized carbons (Fsp3) is 0.192. The Labute approximate surface area is 190 Å². The van der Waals surface area contributed by atoms with E-state index in [0.29, 0.717) is 20.6 Å². The van der Waals surface area contributed by atoms with E-state index in [1.807, 2.05) is 79.7 Å². The van der Waals surface area contributed by atoms with Crippen molar-refractivity contribution < 1.29 is 9.53 Å². The van der Waals surface area contributed by atoms with Gasteiger partial charge in [0.15, 0.2) is 4.80 Å². The molecule has 1 aliphatic heterocycles. The maximum atomic E-state index is 13.4. The van der Waals surface area contributed by atoms with Gasteiger partial charge in [0.2, 0.25) is 0 Å². The minimum absolute atomic E-state index is 0.175. The number of aryl methyl sites for hydroxylation is 1. The first-order valence-corrected chi connectivity index (χ1v) is 11.3. The molecule has 1 atom stereocenters. The van der Waals surface area contributed by atoms with E-state index in [9.17, 15) is 9.59 Å². The Balaban J connectivity index is 1.87. The smallest absolute Gasteiger partial charge is 0.338 e. The fourth-order valence-corrected chi connectivity index (χ4v) is 4.65. The summed E-state index contributed by atoms with van der Waals surface area (Å²) in [6.45, 7) is 5.82. The van der Waals surface area contributed by atoms with Crippen molar-refractivity contribution in [2.24, 2.45) is 4.99 Å². The van der Waals surface area contributed by atoms with Crippen molar-refractivity contribution in [1.82, 2.24) is 4.57 Å². The van der Waals surface area contributed by atoms with Gasteiger partial charge in [0.25, 0.3) is 5.56 Å². The van der Waals surface area contributed by atoms with Gasteiger partial charge in [-0.3, -0.25) is 9.36 Å². The second-order valence-corrected chi connectivity index (χ2v) is 8.53. The second kappa shape index (κ2) is 9.32. The predicted molar refractivity (Wildman–Crippen MR) is 128 cm³/mol. The summed E-state index contributed by atoms with van der Waals surface area (Å²) in [7, 11) is 0. The lowest BCUT2D eigenvalue weighted by Crippen LogP contribution is -2.38. The van der Waals surface area contributed by atoms with Gasteiger partial charge in [-0.15, -0.1) is 0 Å². The minimum Gasteiger partial charge on any atom is -0.463 e. The van der Waals surface area contributed by atoms with Crippen molar-refractivity contribution in [2.45, 2.75) is 26.8 Å². The third kappa shape index (κ3) is 4.41. The number of carbonyl (C=O) groups excluding carboxylic acids is 1. The molecule has 0 unspecified atom stereocenters. The molecule has 3 aromatic rings. The van der Waals surface area contributed by atoms with Gasteiger partial charge in [-0.25, -0.2) is 9.79 Å². The first-order valence-electron chi connectivity index (χ1n) is 10.5. The highest BCUT2D eigenvalue weighted by atomic mass is 32.1. The quantitative estimate of drug-likeness (QED) is 0.563. The highest BCUT2D eigenvalue weighted by Crippen LogP contribution is 2.26. The van der Waals surface area contributed by atoms with Crippen LogP contribution in [0.2, 0.25) is 0 Å². The van der Waals surface area contributed by atoms with Gasteiger partial charge in [0.05, 0.1) is 28.5 Å². The molecule has 1 aliphatic rings. The van der Waals surface area contributed by atoms with Gasteiger partial charge in [0.1, 0.15) is 0 Å². The van der Waals surface area contributed by atoms with Crippen LogP contribution in [0.15, 0.2) is 81.7 Å². The number of allylic oxidation sites excluding steroid dienone is 2. The molecule has 32 heavy (non-hydrogen) atoms. The monoisotopic (exact) mass is 444 g/mol. The molecule has 0 aliphatic carbocycles. The number of rotatable bonds is 5. The number of hydrogen-bond acceptors (Lipinski definition) is 5. The molecule has 0 spiro atoms. The summed E-state index contributed by atoms with van der Waals surface area (Å²) >= 11 is 1.33. The number of thiazole rings is 1. The Morgan fingerprint density at radius 1 is 1.09 bits per heavy atom. The molecule has 2 aromatic carbocycles. The highest BCUT2D eigenvalue weighted by Gasteiger charge is 2.30. The van der Waals surface area contributed by atoms with E-state index in [0.717, 1.165) is 16.7 Å². The lowest BCUT2D eigenvalue weighted by atomic mass is 10.0. The predicted octanol–water partition coefficient (Wildman–Crippen LogP) is 3.77. The van der Waals surface area contributed by atoms with Gasteiger partial charge in [-0.05, 0) is 38.0 Å². The SMILES string of the molecule is CCOC(=O)C1=C(C)N=c2sc(=Cc3ccc(C)cc3)c(=O)n2[C@@H]1/C=C\c1ccccc1.